The van der Waals surface area contributed by atoms with Crippen molar-refractivity contribution in [1.82, 2.24) is 10.3 Å². The minimum Gasteiger partial charge on any atom is -0.454 e. The third kappa shape index (κ3) is 3.55. The Labute approximate surface area is 162 Å². The number of pyridine rings is 1. The summed E-state index contributed by atoms with van der Waals surface area (Å²) < 4.78 is 10.8. The highest BCUT2D eigenvalue weighted by Crippen LogP contribution is 2.36. The maximum Gasteiger partial charge on any atom is 0.251 e. The van der Waals surface area contributed by atoms with Gasteiger partial charge in [0.1, 0.15) is 5.15 Å². The first-order chi connectivity index (χ1) is 12.9. The van der Waals surface area contributed by atoms with E-state index in [0.717, 1.165) is 28.0 Å². The number of hydrogen-bond donors (Lipinski definition) is 1. The molecule has 0 spiro atoms. The van der Waals surface area contributed by atoms with E-state index in [1.54, 1.807) is 18.2 Å². The topological polar surface area (TPSA) is 60.5 Å². The predicted molar refractivity (Wildman–Crippen MR) is 105 cm³/mol. The van der Waals surface area contributed by atoms with Gasteiger partial charge >= 0.3 is 0 Å². The second kappa shape index (κ2) is 6.74. The molecule has 2 heterocycles. The zero-order chi connectivity index (χ0) is 19.0. The van der Waals surface area contributed by atoms with Crippen molar-refractivity contribution in [1.29, 1.82) is 0 Å². The van der Waals surface area contributed by atoms with E-state index >= 15 is 0 Å². The van der Waals surface area contributed by atoms with Gasteiger partial charge in [0.2, 0.25) is 6.79 Å². The molecule has 6 heteroatoms. The van der Waals surface area contributed by atoms with Gasteiger partial charge in [-0.15, -0.1) is 0 Å². The average molecular weight is 383 g/mol. The van der Waals surface area contributed by atoms with Crippen LogP contribution in [-0.4, -0.2) is 24.2 Å². The quantitative estimate of drug-likeness (QED) is 0.682. The number of carbonyl (C=O) groups is 1. The van der Waals surface area contributed by atoms with E-state index in [4.69, 9.17) is 21.1 Å². The fourth-order valence-corrected chi connectivity index (χ4v) is 3.22. The third-order valence-corrected chi connectivity index (χ3v) is 4.97. The first-order valence-electron chi connectivity index (χ1n) is 8.67. The molecule has 1 N–H and O–H groups in total. The van der Waals surface area contributed by atoms with E-state index in [-0.39, 0.29) is 18.1 Å². The summed E-state index contributed by atoms with van der Waals surface area (Å²) >= 11 is 5.91. The Morgan fingerprint density at radius 2 is 1.93 bits per heavy atom. The second-order valence-electron chi connectivity index (χ2n) is 7.18. The maximum atomic E-state index is 12.6. The van der Waals surface area contributed by atoms with Crippen molar-refractivity contribution in [2.75, 3.05) is 13.3 Å². The summed E-state index contributed by atoms with van der Waals surface area (Å²) in [5.41, 5.74) is 2.17. The highest BCUT2D eigenvalue weighted by Gasteiger charge is 2.25. The molecule has 0 saturated heterocycles. The zero-order valence-electron chi connectivity index (χ0n) is 15.1. The van der Waals surface area contributed by atoms with E-state index in [1.165, 1.54) is 0 Å². The van der Waals surface area contributed by atoms with Gasteiger partial charge in [0.15, 0.2) is 11.5 Å². The van der Waals surface area contributed by atoms with Gasteiger partial charge in [0, 0.05) is 22.9 Å². The Bertz CT molecular complexity index is 1030. The third-order valence-electron chi connectivity index (χ3n) is 4.76. The van der Waals surface area contributed by atoms with E-state index in [1.807, 2.05) is 30.3 Å². The molecule has 1 aliphatic heterocycles. The van der Waals surface area contributed by atoms with Crippen LogP contribution in [-0.2, 0) is 5.41 Å². The van der Waals surface area contributed by atoms with Crippen LogP contribution in [0.3, 0.4) is 0 Å². The van der Waals surface area contributed by atoms with Gasteiger partial charge in [0.05, 0.1) is 5.52 Å². The number of fused-ring (bicyclic) bond motifs is 2. The number of rotatable bonds is 4. The van der Waals surface area contributed by atoms with Gasteiger partial charge in [-0.1, -0.05) is 31.5 Å². The smallest absolute Gasteiger partial charge is 0.251 e. The van der Waals surface area contributed by atoms with Gasteiger partial charge in [-0.3, -0.25) is 4.79 Å². The van der Waals surface area contributed by atoms with Crippen molar-refractivity contribution in [3.8, 4) is 11.5 Å². The van der Waals surface area contributed by atoms with Gasteiger partial charge in [-0.25, -0.2) is 4.98 Å². The van der Waals surface area contributed by atoms with Gasteiger partial charge in [-0.2, -0.15) is 0 Å². The largest absolute Gasteiger partial charge is 0.454 e. The summed E-state index contributed by atoms with van der Waals surface area (Å²) in [6.07, 6.45) is 0. The second-order valence-corrected chi connectivity index (χ2v) is 7.56. The molecule has 0 saturated carbocycles. The van der Waals surface area contributed by atoms with Crippen LogP contribution < -0.4 is 14.8 Å². The van der Waals surface area contributed by atoms with Crippen LogP contribution in [0.1, 0.15) is 29.8 Å². The van der Waals surface area contributed by atoms with E-state index < -0.39 is 0 Å². The predicted octanol–water partition coefficient (Wildman–Crippen LogP) is 4.32. The van der Waals surface area contributed by atoms with Crippen molar-refractivity contribution in [2.45, 2.75) is 19.3 Å². The summed E-state index contributed by atoms with van der Waals surface area (Å²) in [6.45, 7) is 4.90. The highest BCUT2D eigenvalue weighted by atomic mass is 35.5. The zero-order valence-corrected chi connectivity index (χ0v) is 15.8. The highest BCUT2D eigenvalue weighted by molar-refractivity contribution is 6.29. The summed E-state index contributed by atoms with van der Waals surface area (Å²) in [6, 6.07) is 14.8. The van der Waals surface area contributed by atoms with Crippen LogP contribution in [0.2, 0.25) is 5.15 Å². The Morgan fingerprint density at radius 1 is 1.11 bits per heavy atom. The fourth-order valence-electron chi connectivity index (χ4n) is 3.06. The van der Waals surface area contributed by atoms with Gasteiger partial charge in [-0.05, 0) is 48.0 Å². The van der Waals surface area contributed by atoms with Crippen LogP contribution in [0.25, 0.3) is 10.9 Å². The Morgan fingerprint density at radius 3 is 2.78 bits per heavy atom. The summed E-state index contributed by atoms with van der Waals surface area (Å²) in [5.74, 6) is 1.37. The molecule has 1 aliphatic rings. The molecule has 0 aliphatic carbocycles. The lowest BCUT2D eigenvalue weighted by Gasteiger charge is -2.26. The molecular weight excluding hydrogens is 364 g/mol. The average Bonchev–Trinajstić information content (AvgIpc) is 3.13. The molecule has 4 rings (SSSR count). The molecule has 27 heavy (non-hydrogen) atoms. The SMILES string of the molecule is CC(C)(CNC(=O)c1ccc2nc(Cl)ccc2c1)c1ccc2c(c1)OCO2. The van der Waals surface area contributed by atoms with Crippen LogP contribution in [0, 0.1) is 0 Å². The number of aromatic nitrogens is 1. The monoisotopic (exact) mass is 382 g/mol. The summed E-state index contributed by atoms with van der Waals surface area (Å²) in [5, 5.41) is 4.34. The molecule has 3 aromatic rings. The molecule has 2 aromatic carbocycles. The minimum absolute atomic E-state index is 0.124. The number of halogens is 1. The maximum absolute atomic E-state index is 12.6. The molecule has 1 amide bonds. The van der Waals surface area contributed by atoms with Crippen LogP contribution in [0.4, 0.5) is 0 Å². The molecule has 0 atom stereocenters. The van der Waals surface area contributed by atoms with Crippen molar-refractivity contribution in [2.24, 2.45) is 0 Å². The number of amides is 1. The fraction of sp³-hybridized carbons (Fsp3) is 0.238. The van der Waals surface area contributed by atoms with Crippen molar-refractivity contribution in [3.05, 3.63) is 64.8 Å². The first-order valence-corrected chi connectivity index (χ1v) is 9.05. The molecule has 0 unspecified atom stereocenters. The first kappa shape index (κ1) is 17.6. The lowest BCUT2D eigenvalue weighted by Crippen LogP contribution is -2.36. The molecule has 0 bridgehead atoms. The van der Waals surface area contributed by atoms with Gasteiger partial charge in [0.25, 0.3) is 5.91 Å². The number of benzene rings is 2. The molecule has 0 radical (unpaired) electrons. The summed E-state index contributed by atoms with van der Waals surface area (Å²) in [4.78, 5) is 16.9. The Hall–Kier alpha value is -2.79. The van der Waals surface area contributed by atoms with E-state index in [9.17, 15) is 4.79 Å². The lowest BCUT2D eigenvalue weighted by molar-refractivity contribution is 0.0946. The van der Waals surface area contributed by atoms with Crippen LogP contribution in [0.15, 0.2) is 48.5 Å². The number of nitrogens with zero attached hydrogens (tertiary/aromatic N) is 1. The molecular formula is C21H19ClN2O3. The van der Waals surface area contributed by atoms with E-state index in [2.05, 4.69) is 24.1 Å². The standard InChI is InChI=1S/C21H19ClN2O3/c1-21(2,15-5-7-17-18(10-15)27-12-26-17)11-23-20(25)14-3-6-16-13(9-14)4-8-19(22)24-16/h3-10H,11-12H2,1-2H3,(H,23,25). The lowest BCUT2D eigenvalue weighted by atomic mass is 9.84. The molecule has 0 fully saturated rings. The molecule has 5 nitrogen and oxygen atoms in total. The van der Waals surface area contributed by atoms with Crippen molar-refractivity contribution in [3.63, 3.8) is 0 Å². The number of nitrogens with one attached hydrogen (secondary N) is 1. The van der Waals surface area contributed by atoms with Gasteiger partial charge < -0.3 is 14.8 Å². The van der Waals surface area contributed by atoms with Crippen molar-refractivity contribution < 1.29 is 14.3 Å². The normalized spacial score (nSPS) is 13.0. The Kier molecular flexibility index (Phi) is 4.40. The van der Waals surface area contributed by atoms with Crippen LogP contribution in [0.5, 0.6) is 11.5 Å². The Balaban J connectivity index is 1.48. The molecule has 1 aromatic heterocycles. The van der Waals surface area contributed by atoms with Crippen molar-refractivity contribution >= 4 is 28.4 Å². The summed E-state index contributed by atoms with van der Waals surface area (Å²) in [7, 11) is 0. The number of ether oxygens (including phenoxy) is 2. The minimum atomic E-state index is -0.261. The number of hydrogen-bond acceptors (Lipinski definition) is 4. The van der Waals surface area contributed by atoms with Crippen LogP contribution >= 0.6 is 11.6 Å². The van der Waals surface area contributed by atoms with E-state index in [0.29, 0.717) is 17.3 Å². The number of carbonyl (C=O) groups excluding carboxylic acids is 1. The molecule has 138 valence electrons.